The van der Waals surface area contributed by atoms with Gasteiger partial charge in [0.25, 0.3) is 5.56 Å². The highest BCUT2D eigenvalue weighted by Crippen LogP contribution is 2.14. The third kappa shape index (κ3) is 4.51. The maximum Gasteiger partial charge on any atom is 0.334 e. The van der Waals surface area contributed by atoms with E-state index in [-0.39, 0.29) is 24.0 Å². The van der Waals surface area contributed by atoms with Gasteiger partial charge in [0.1, 0.15) is 5.56 Å². The van der Waals surface area contributed by atoms with E-state index in [1.807, 2.05) is 49.4 Å². The number of benzene rings is 1. The normalized spacial score (nSPS) is 11.4. The first-order valence-electron chi connectivity index (χ1n) is 9.48. The fourth-order valence-corrected chi connectivity index (χ4v) is 3.07. The smallest absolute Gasteiger partial charge is 0.334 e. The molecule has 29 heavy (non-hydrogen) atoms. The van der Waals surface area contributed by atoms with Crippen LogP contribution in [0.4, 0.5) is 5.82 Å². The molecule has 3 rings (SSSR count). The summed E-state index contributed by atoms with van der Waals surface area (Å²) in [5, 5.41) is 10.7. The van der Waals surface area contributed by atoms with E-state index in [0.717, 1.165) is 15.8 Å². The minimum Gasteiger partial charge on any atom is -0.494 e. The molecule has 7 nitrogen and oxygen atoms in total. The number of aromatic hydroxyl groups is 1. The third-order valence-corrected chi connectivity index (χ3v) is 4.57. The average Bonchev–Trinajstić information content (AvgIpc) is 2.68. The molecule has 0 amide bonds. The summed E-state index contributed by atoms with van der Waals surface area (Å²) in [7, 11) is 0. The monoisotopic (exact) mass is 392 g/mol. The Kier molecular flexibility index (Phi) is 6.07. The molecule has 0 saturated heterocycles. The fourth-order valence-electron chi connectivity index (χ4n) is 3.07. The van der Waals surface area contributed by atoms with Crippen LogP contribution in [0, 0.1) is 6.92 Å². The number of hydrogen-bond acceptors (Lipinski definition) is 5. The summed E-state index contributed by atoms with van der Waals surface area (Å²) < 4.78 is 2.36. The van der Waals surface area contributed by atoms with E-state index < -0.39 is 11.2 Å². The molecule has 1 N–H and O–H groups in total. The molecule has 0 unspecified atom stereocenters. The van der Waals surface area contributed by atoms with E-state index >= 15 is 0 Å². The zero-order chi connectivity index (χ0) is 21.0. The molecule has 0 saturated carbocycles. The molecule has 0 spiro atoms. The molecular formula is C22H24N4O3. The number of aliphatic imine (C=N–C) groups is 1. The molecule has 2 aromatic heterocycles. The number of hydrogen-bond donors (Lipinski definition) is 1. The lowest BCUT2D eigenvalue weighted by atomic mass is 10.1. The molecule has 0 aliphatic heterocycles. The van der Waals surface area contributed by atoms with Gasteiger partial charge in [0, 0.05) is 24.5 Å². The minimum absolute atomic E-state index is 0.0327. The zero-order valence-electron chi connectivity index (χ0n) is 16.7. The van der Waals surface area contributed by atoms with Gasteiger partial charge in [0.2, 0.25) is 5.88 Å². The fraction of sp³-hybridized carbons (Fsp3) is 0.273. The molecule has 0 aliphatic rings. The van der Waals surface area contributed by atoms with Crippen molar-refractivity contribution in [2.75, 3.05) is 0 Å². The van der Waals surface area contributed by atoms with Crippen LogP contribution < -0.4 is 11.2 Å². The van der Waals surface area contributed by atoms with Gasteiger partial charge in [-0.1, -0.05) is 36.4 Å². The summed E-state index contributed by atoms with van der Waals surface area (Å²) in [6.45, 7) is 5.59. The second-order valence-corrected chi connectivity index (χ2v) is 7.07. The average molecular weight is 392 g/mol. The topological polar surface area (TPSA) is 89.5 Å². The Balaban J connectivity index is 2.06. The standard InChI is InChI=1S/C22H24N4O3/c1-15(2)26-21(28)18(14-23-19-11-7-8-16(3)24-19)20(27)25(22(26)29)13-12-17-9-5-4-6-10-17/h4-11,14-15,27H,12-13H2,1-3H3. The largest absolute Gasteiger partial charge is 0.494 e. The van der Waals surface area contributed by atoms with Gasteiger partial charge < -0.3 is 5.11 Å². The first-order chi connectivity index (χ1) is 13.9. The van der Waals surface area contributed by atoms with Crippen LogP contribution >= 0.6 is 0 Å². The third-order valence-electron chi connectivity index (χ3n) is 4.57. The summed E-state index contributed by atoms with van der Waals surface area (Å²) in [4.78, 5) is 34.2. The molecule has 3 aromatic rings. The minimum atomic E-state index is -0.574. The van der Waals surface area contributed by atoms with Gasteiger partial charge in [-0.2, -0.15) is 0 Å². The quantitative estimate of drug-likeness (QED) is 0.653. The van der Waals surface area contributed by atoms with Crippen molar-refractivity contribution in [3.8, 4) is 5.88 Å². The molecule has 7 heteroatoms. The molecule has 0 atom stereocenters. The number of aryl methyl sites for hydroxylation is 2. The molecule has 0 aliphatic carbocycles. The van der Waals surface area contributed by atoms with E-state index in [1.54, 1.807) is 19.9 Å². The Bertz CT molecular complexity index is 1140. The first kappa shape index (κ1) is 20.3. The molecule has 0 radical (unpaired) electrons. The number of rotatable bonds is 6. The Morgan fingerprint density at radius 1 is 1.10 bits per heavy atom. The van der Waals surface area contributed by atoms with Crippen LogP contribution in [0.1, 0.15) is 36.7 Å². The molecule has 0 bridgehead atoms. The molecule has 0 fully saturated rings. The second kappa shape index (κ2) is 8.68. The molecule has 150 valence electrons. The van der Waals surface area contributed by atoms with Gasteiger partial charge in [0.05, 0.1) is 0 Å². The van der Waals surface area contributed by atoms with Crippen molar-refractivity contribution in [1.82, 2.24) is 14.1 Å². The van der Waals surface area contributed by atoms with Crippen LogP contribution in [0.2, 0.25) is 0 Å². The van der Waals surface area contributed by atoms with E-state index in [0.29, 0.717) is 12.2 Å². The van der Waals surface area contributed by atoms with Crippen molar-refractivity contribution in [1.29, 1.82) is 0 Å². The number of nitrogens with zero attached hydrogens (tertiary/aromatic N) is 4. The SMILES string of the molecule is Cc1cccc(N=Cc2c(O)n(CCc3ccccc3)c(=O)n(C(C)C)c2=O)n1. The van der Waals surface area contributed by atoms with Crippen molar-refractivity contribution in [2.45, 2.75) is 39.8 Å². The molecular weight excluding hydrogens is 368 g/mol. The van der Waals surface area contributed by atoms with Crippen molar-refractivity contribution < 1.29 is 5.11 Å². The highest BCUT2D eigenvalue weighted by Gasteiger charge is 2.19. The van der Waals surface area contributed by atoms with Crippen LogP contribution in [0.5, 0.6) is 5.88 Å². The van der Waals surface area contributed by atoms with Gasteiger partial charge in [0.15, 0.2) is 5.82 Å². The lowest BCUT2D eigenvalue weighted by Gasteiger charge is -2.16. The Morgan fingerprint density at radius 2 is 1.83 bits per heavy atom. The summed E-state index contributed by atoms with van der Waals surface area (Å²) >= 11 is 0. The van der Waals surface area contributed by atoms with Crippen molar-refractivity contribution >= 4 is 12.0 Å². The van der Waals surface area contributed by atoms with Gasteiger partial charge in [-0.05, 0) is 44.9 Å². The number of aromatic nitrogens is 3. The van der Waals surface area contributed by atoms with E-state index in [4.69, 9.17) is 0 Å². The van der Waals surface area contributed by atoms with Crippen LogP contribution in [0.15, 0.2) is 63.1 Å². The predicted octanol–water partition coefficient (Wildman–Crippen LogP) is 2.99. The van der Waals surface area contributed by atoms with Crippen LogP contribution in [0.25, 0.3) is 0 Å². The lowest BCUT2D eigenvalue weighted by molar-refractivity contribution is 0.381. The Morgan fingerprint density at radius 3 is 2.48 bits per heavy atom. The van der Waals surface area contributed by atoms with Crippen molar-refractivity contribution in [3.05, 3.63) is 86.2 Å². The van der Waals surface area contributed by atoms with E-state index in [9.17, 15) is 14.7 Å². The molecule has 1 aromatic carbocycles. The predicted molar refractivity (Wildman–Crippen MR) is 113 cm³/mol. The maximum absolute atomic E-state index is 12.9. The second-order valence-electron chi connectivity index (χ2n) is 7.07. The first-order valence-corrected chi connectivity index (χ1v) is 9.48. The lowest BCUT2D eigenvalue weighted by Crippen LogP contribution is -2.42. The molecule has 2 heterocycles. The zero-order valence-corrected chi connectivity index (χ0v) is 16.7. The van der Waals surface area contributed by atoms with Gasteiger partial charge in [-0.25, -0.2) is 14.8 Å². The van der Waals surface area contributed by atoms with E-state index in [1.165, 1.54) is 10.8 Å². The van der Waals surface area contributed by atoms with E-state index in [2.05, 4.69) is 9.98 Å². The van der Waals surface area contributed by atoms with Crippen LogP contribution in [-0.4, -0.2) is 25.4 Å². The van der Waals surface area contributed by atoms with Gasteiger partial charge in [-0.3, -0.25) is 13.9 Å². The van der Waals surface area contributed by atoms with Crippen LogP contribution in [0.3, 0.4) is 0 Å². The van der Waals surface area contributed by atoms with Crippen molar-refractivity contribution in [3.63, 3.8) is 0 Å². The van der Waals surface area contributed by atoms with Gasteiger partial charge in [-0.15, -0.1) is 0 Å². The summed E-state index contributed by atoms with van der Waals surface area (Å²) in [6.07, 6.45) is 1.82. The maximum atomic E-state index is 12.9. The van der Waals surface area contributed by atoms with Crippen LogP contribution in [-0.2, 0) is 13.0 Å². The Labute approximate surface area is 168 Å². The van der Waals surface area contributed by atoms with Gasteiger partial charge >= 0.3 is 5.69 Å². The number of pyridine rings is 1. The summed E-state index contributed by atoms with van der Waals surface area (Å²) in [5.74, 6) is 0.0335. The summed E-state index contributed by atoms with van der Waals surface area (Å²) in [5.41, 5.74) is 0.672. The highest BCUT2D eigenvalue weighted by atomic mass is 16.3. The summed E-state index contributed by atoms with van der Waals surface area (Å²) in [6, 6.07) is 14.6. The highest BCUT2D eigenvalue weighted by molar-refractivity contribution is 5.83. The van der Waals surface area contributed by atoms with Crippen molar-refractivity contribution in [2.24, 2.45) is 4.99 Å². The Hall–Kier alpha value is -3.48.